The van der Waals surface area contributed by atoms with Crippen molar-refractivity contribution in [3.8, 4) is 0 Å². The normalized spacial score (nSPS) is 11.8. The zero-order chi connectivity index (χ0) is 15.5. The van der Waals surface area contributed by atoms with Crippen LogP contribution in [0.15, 0.2) is 64.0 Å². The van der Waals surface area contributed by atoms with Crippen molar-refractivity contribution in [1.82, 2.24) is 0 Å². The summed E-state index contributed by atoms with van der Waals surface area (Å²) in [6, 6.07) is 14.8. The van der Waals surface area contributed by atoms with E-state index in [-0.39, 0.29) is 5.43 Å². The summed E-state index contributed by atoms with van der Waals surface area (Å²) in [7, 11) is 0. The van der Waals surface area contributed by atoms with E-state index < -0.39 is 0 Å². The van der Waals surface area contributed by atoms with Crippen molar-refractivity contribution in [2.24, 2.45) is 0 Å². The van der Waals surface area contributed by atoms with Gasteiger partial charge in [-0.2, -0.15) is 0 Å². The van der Waals surface area contributed by atoms with E-state index in [1.165, 1.54) is 0 Å². The molecule has 0 aliphatic heterocycles. The molecule has 0 fully saturated rings. The van der Waals surface area contributed by atoms with Gasteiger partial charge in [0.25, 0.3) is 0 Å². The molecule has 0 atom stereocenters. The second kappa shape index (κ2) is 6.20. The SMILES string of the molecule is CC/C(=C\c1ccc(Cl)cc1)c1coc2ccccc2c1=O. The minimum absolute atomic E-state index is 0.00362. The van der Waals surface area contributed by atoms with Gasteiger partial charge in [0.05, 0.1) is 10.9 Å². The van der Waals surface area contributed by atoms with Gasteiger partial charge in [0.1, 0.15) is 11.8 Å². The average molecular weight is 311 g/mol. The van der Waals surface area contributed by atoms with Crippen LogP contribution in [0.25, 0.3) is 22.6 Å². The molecular formula is C19H15ClO2. The molecule has 2 aromatic carbocycles. The molecule has 3 aromatic rings. The van der Waals surface area contributed by atoms with E-state index in [0.717, 1.165) is 17.6 Å². The third-order valence-corrected chi connectivity index (χ3v) is 3.87. The summed E-state index contributed by atoms with van der Waals surface area (Å²) in [5.41, 5.74) is 3.17. The van der Waals surface area contributed by atoms with Gasteiger partial charge in [-0.05, 0) is 41.8 Å². The Balaban J connectivity index is 2.13. The number of benzene rings is 2. The highest BCUT2D eigenvalue weighted by atomic mass is 35.5. The van der Waals surface area contributed by atoms with Crippen LogP contribution in [0.5, 0.6) is 0 Å². The number of halogens is 1. The predicted octanol–water partition coefficient (Wildman–Crippen LogP) is 5.40. The largest absolute Gasteiger partial charge is 0.463 e. The summed E-state index contributed by atoms with van der Waals surface area (Å²) in [6.45, 7) is 2.02. The number of allylic oxidation sites excluding steroid dienone is 1. The Morgan fingerprint density at radius 2 is 1.86 bits per heavy atom. The Bertz CT molecular complexity index is 889. The van der Waals surface area contributed by atoms with Gasteiger partial charge < -0.3 is 4.42 Å². The van der Waals surface area contributed by atoms with Crippen molar-refractivity contribution in [3.05, 3.63) is 81.2 Å². The quantitative estimate of drug-likeness (QED) is 0.648. The van der Waals surface area contributed by atoms with Crippen LogP contribution in [0.1, 0.15) is 24.5 Å². The van der Waals surface area contributed by atoms with Crippen LogP contribution in [0.2, 0.25) is 5.02 Å². The molecule has 0 radical (unpaired) electrons. The van der Waals surface area contributed by atoms with Crippen LogP contribution in [0, 0.1) is 0 Å². The number of hydrogen-bond donors (Lipinski definition) is 0. The lowest BCUT2D eigenvalue weighted by Crippen LogP contribution is -2.07. The first kappa shape index (κ1) is 14.6. The number of fused-ring (bicyclic) bond motifs is 1. The Kier molecular flexibility index (Phi) is 4.12. The molecule has 0 N–H and O–H groups in total. The lowest BCUT2D eigenvalue weighted by atomic mass is 10.0. The Hall–Kier alpha value is -2.32. The molecule has 3 rings (SSSR count). The van der Waals surface area contributed by atoms with Crippen LogP contribution in [-0.4, -0.2) is 0 Å². The highest BCUT2D eigenvalue weighted by Crippen LogP contribution is 2.22. The lowest BCUT2D eigenvalue weighted by molar-refractivity contribution is 0.600. The summed E-state index contributed by atoms with van der Waals surface area (Å²) in [4.78, 5) is 12.7. The molecule has 0 aliphatic carbocycles. The van der Waals surface area contributed by atoms with Gasteiger partial charge in [0.2, 0.25) is 0 Å². The summed E-state index contributed by atoms with van der Waals surface area (Å²) in [5, 5.41) is 1.30. The van der Waals surface area contributed by atoms with Crippen LogP contribution in [-0.2, 0) is 0 Å². The number of rotatable bonds is 3. The summed E-state index contributed by atoms with van der Waals surface area (Å²) in [6.07, 6.45) is 4.29. The Labute approximate surface area is 133 Å². The van der Waals surface area contributed by atoms with E-state index in [1.54, 1.807) is 18.4 Å². The fourth-order valence-electron chi connectivity index (χ4n) is 2.43. The van der Waals surface area contributed by atoms with Crippen LogP contribution < -0.4 is 5.43 Å². The minimum atomic E-state index is 0.00362. The molecule has 110 valence electrons. The van der Waals surface area contributed by atoms with Crippen molar-refractivity contribution < 1.29 is 4.42 Å². The molecule has 0 saturated heterocycles. The lowest BCUT2D eigenvalue weighted by Gasteiger charge is -2.06. The smallest absolute Gasteiger partial charge is 0.200 e. The van der Waals surface area contributed by atoms with Crippen LogP contribution in [0.4, 0.5) is 0 Å². The molecule has 0 spiro atoms. The van der Waals surface area contributed by atoms with E-state index >= 15 is 0 Å². The third-order valence-electron chi connectivity index (χ3n) is 3.62. The minimum Gasteiger partial charge on any atom is -0.463 e. The maximum atomic E-state index is 12.7. The van der Waals surface area contributed by atoms with Crippen LogP contribution in [0.3, 0.4) is 0 Å². The van der Waals surface area contributed by atoms with Crippen molar-refractivity contribution in [1.29, 1.82) is 0 Å². The highest BCUT2D eigenvalue weighted by Gasteiger charge is 2.10. The molecule has 0 saturated carbocycles. The Morgan fingerprint density at radius 1 is 1.14 bits per heavy atom. The summed E-state index contributed by atoms with van der Waals surface area (Å²) < 4.78 is 5.60. The van der Waals surface area contributed by atoms with E-state index in [1.807, 2.05) is 49.4 Å². The van der Waals surface area contributed by atoms with Gasteiger partial charge in [-0.3, -0.25) is 4.79 Å². The van der Waals surface area contributed by atoms with E-state index in [2.05, 4.69) is 0 Å². The monoisotopic (exact) mass is 310 g/mol. The topological polar surface area (TPSA) is 30.2 Å². The fourth-order valence-corrected chi connectivity index (χ4v) is 2.56. The maximum absolute atomic E-state index is 12.7. The second-order valence-electron chi connectivity index (χ2n) is 5.05. The second-order valence-corrected chi connectivity index (χ2v) is 5.49. The average Bonchev–Trinajstić information content (AvgIpc) is 2.55. The van der Waals surface area contributed by atoms with Crippen molar-refractivity contribution in [2.45, 2.75) is 13.3 Å². The first-order valence-corrected chi connectivity index (χ1v) is 7.54. The van der Waals surface area contributed by atoms with Crippen LogP contribution >= 0.6 is 11.6 Å². The van der Waals surface area contributed by atoms with E-state index in [9.17, 15) is 4.79 Å². The molecule has 0 bridgehead atoms. The molecular weight excluding hydrogens is 296 g/mol. The zero-order valence-corrected chi connectivity index (χ0v) is 12.9. The third kappa shape index (κ3) is 2.83. The molecule has 0 unspecified atom stereocenters. The van der Waals surface area contributed by atoms with Gasteiger partial charge in [-0.1, -0.05) is 48.9 Å². The first-order chi connectivity index (χ1) is 10.7. The standard InChI is InChI=1S/C19H15ClO2/c1-2-14(11-13-7-9-15(20)10-8-13)17-12-22-18-6-4-3-5-16(18)19(17)21/h3-12H,2H2,1H3/b14-11+. The molecule has 0 amide bonds. The van der Waals surface area contributed by atoms with E-state index in [0.29, 0.717) is 21.6 Å². The maximum Gasteiger partial charge on any atom is 0.200 e. The predicted molar refractivity (Wildman–Crippen MR) is 92.1 cm³/mol. The fraction of sp³-hybridized carbons (Fsp3) is 0.105. The van der Waals surface area contributed by atoms with Crippen molar-refractivity contribution >= 4 is 34.2 Å². The molecule has 3 heteroatoms. The number of hydrogen-bond acceptors (Lipinski definition) is 2. The van der Waals surface area contributed by atoms with Gasteiger partial charge >= 0.3 is 0 Å². The molecule has 1 aromatic heterocycles. The van der Waals surface area contributed by atoms with E-state index in [4.69, 9.17) is 16.0 Å². The van der Waals surface area contributed by atoms with Gasteiger partial charge in [0.15, 0.2) is 5.43 Å². The number of para-hydroxylation sites is 1. The zero-order valence-electron chi connectivity index (χ0n) is 12.2. The molecule has 22 heavy (non-hydrogen) atoms. The van der Waals surface area contributed by atoms with Gasteiger partial charge in [0, 0.05) is 5.02 Å². The summed E-state index contributed by atoms with van der Waals surface area (Å²) >= 11 is 5.90. The summed E-state index contributed by atoms with van der Waals surface area (Å²) in [5.74, 6) is 0. The van der Waals surface area contributed by atoms with Gasteiger partial charge in [-0.25, -0.2) is 0 Å². The molecule has 0 aliphatic rings. The van der Waals surface area contributed by atoms with Gasteiger partial charge in [-0.15, -0.1) is 0 Å². The Morgan fingerprint density at radius 3 is 2.59 bits per heavy atom. The first-order valence-electron chi connectivity index (χ1n) is 7.16. The highest BCUT2D eigenvalue weighted by molar-refractivity contribution is 6.30. The van der Waals surface area contributed by atoms with Crippen molar-refractivity contribution in [3.63, 3.8) is 0 Å². The van der Waals surface area contributed by atoms with Crippen molar-refractivity contribution in [2.75, 3.05) is 0 Å². The molecule has 2 nitrogen and oxygen atoms in total. The molecule has 1 heterocycles.